The third kappa shape index (κ3) is 2.44. The van der Waals surface area contributed by atoms with Crippen LogP contribution in [0.15, 0.2) is 70.3 Å². The van der Waals surface area contributed by atoms with Crippen LogP contribution in [-0.4, -0.2) is 20.2 Å². The Labute approximate surface area is 131 Å². The van der Waals surface area contributed by atoms with E-state index >= 15 is 0 Å². The Morgan fingerprint density at radius 3 is 2.36 bits per heavy atom. The quantitative estimate of drug-likeness (QED) is 0.782. The fourth-order valence-electron chi connectivity index (χ4n) is 2.65. The van der Waals surface area contributed by atoms with Crippen molar-refractivity contribution in [2.24, 2.45) is 0 Å². The van der Waals surface area contributed by atoms with Crippen LogP contribution in [0.25, 0.3) is 0 Å². The van der Waals surface area contributed by atoms with E-state index in [1.807, 2.05) is 25.1 Å². The number of aromatic hydroxyl groups is 2. The second kappa shape index (κ2) is 5.97. The largest absolute Gasteiger partial charge is 0.504 e. The van der Waals surface area contributed by atoms with Gasteiger partial charge >= 0.3 is 0 Å². The zero-order valence-electron chi connectivity index (χ0n) is 12.7. The summed E-state index contributed by atoms with van der Waals surface area (Å²) in [6.45, 7) is 5.85. The number of phenolic OH excluding ortho intramolecular Hbond substituents is 2. The Bertz CT molecular complexity index is 737. The van der Waals surface area contributed by atoms with E-state index in [1.165, 1.54) is 11.5 Å². The molecule has 0 aliphatic rings. The van der Waals surface area contributed by atoms with Gasteiger partial charge in [0.15, 0.2) is 11.5 Å². The van der Waals surface area contributed by atoms with Crippen molar-refractivity contribution in [2.75, 3.05) is 5.75 Å². The van der Waals surface area contributed by atoms with E-state index in [-0.39, 0.29) is 16.4 Å². The van der Waals surface area contributed by atoms with Crippen LogP contribution < -0.4 is 0 Å². The van der Waals surface area contributed by atoms with Crippen LogP contribution in [0.2, 0.25) is 0 Å². The lowest BCUT2D eigenvalue weighted by molar-refractivity contribution is 0.393. The van der Waals surface area contributed by atoms with Gasteiger partial charge in [0.05, 0.1) is 4.90 Å². The minimum atomic E-state index is -3.71. The predicted octanol–water partition coefficient (Wildman–Crippen LogP) is 4.28. The van der Waals surface area contributed by atoms with E-state index in [0.717, 1.165) is 12.8 Å². The first kappa shape index (κ1) is 16.3. The zero-order chi connectivity index (χ0) is 16.2. The molecule has 2 N–H and O–H groups in total. The predicted molar refractivity (Wildman–Crippen MR) is 90.9 cm³/mol. The molecule has 2 aromatic rings. The van der Waals surface area contributed by atoms with Crippen LogP contribution >= 0.6 is 0 Å². The van der Waals surface area contributed by atoms with Gasteiger partial charge in [0.1, 0.15) is 0 Å². The lowest BCUT2D eigenvalue weighted by atomic mass is 10.3. The molecule has 0 heterocycles. The topological polar surface area (TPSA) is 57.5 Å². The summed E-state index contributed by atoms with van der Waals surface area (Å²) < 4.78 is 14.3. The number of rotatable bonds is 6. The van der Waals surface area contributed by atoms with Crippen molar-refractivity contribution in [1.82, 2.24) is 0 Å². The number of para-hydroxylation sites is 1. The summed E-state index contributed by atoms with van der Waals surface area (Å²) >= 11 is 0. The summed E-state index contributed by atoms with van der Waals surface area (Å²) in [5, 5.41) is 21.6. The molecule has 0 unspecified atom stereocenters. The van der Waals surface area contributed by atoms with Gasteiger partial charge in [-0.15, -0.1) is 0 Å². The number of hydrogen-bond donors (Lipinski definition) is 2. The maximum Gasteiger partial charge on any atom is 0.172 e. The highest BCUT2D eigenvalue weighted by Gasteiger charge is 2.40. The van der Waals surface area contributed by atoms with Gasteiger partial charge < -0.3 is 10.2 Å². The van der Waals surface area contributed by atoms with Crippen molar-refractivity contribution >= 4 is 9.07 Å². The molecule has 0 saturated carbocycles. The molecule has 0 atom stereocenters. The van der Waals surface area contributed by atoms with Crippen molar-refractivity contribution < 1.29 is 14.4 Å². The highest BCUT2D eigenvalue weighted by atomic mass is 32.3. The first-order valence-electron chi connectivity index (χ1n) is 7.32. The molecule has 0 fully saturated rings. The Morgan fingerprint density at radius 2 is 1.77 bits per heavy atom. The molecule has 3 nitrogen and oxygen atoms in total. The standard InChI is InChI=1S/C18H22O3S/c1-3-5-14-22(21,4-2,15-10-7-6-8-11-15)17-13-9-12-16(19)18(17)20/h4,6-13,19-20H,2-3,5,14H2,1H3. The summed E-state index contributed by atoms with van der Waals surface area (Å²) in [6, 6.07) is 13.6. The van der Waals surface area contributed by atoms with Gasteiger partial charge in [-0.25, -0.2) is 0 Å². The normalized spacial score (nSPS) is 13.2. The van der Waals surface area contributed by atoms with Crippen LogP contribution in [0, 0.1) is 0 Å². The molecular formula is C18H22O3S. The second-order valence-electron chi connectivity index (χ2n) is 5.34. The van der Waals surface area contributed by atoms with E-state index in [1.54, 1.807) is 24.3 Å². The van der Waals surface area contributed by atoms with E-state index in [9.17, 15) is 14.4 Å². The zero-order valence-corrected chi connectivity index (χ0v) is 13.6. The molecule has 118 valence electrons. The first-order valence-corrected chi connectivity index (χ1v) is 9.52. The highest BCUT2D eigenvalue weighted by Crippen LogP contribution is 2.51. The molecule has 0 spiro atoms. The smallest absolute Gasteiger partial charge is 0.172 e. The number of hydrogen-bond acceptors (Lipinski definition) is 3. The maximum absolute atomic E-state index is 14.3. The Balaban J connectivity index is 2.84. The van der Waals surface area contributed by atoms with Gasteiger partial charge in [-0.1, -0.05) is 44.2 Å². The minimum absolute atomic E-state index is 0.242. The Hall–Kier alpha value is -2.07. The number of unbranched alkanes of at least 4 members (excludes halogenated alkanes) is 1. The average molecular weight is 318 g/mol. The molecule has 2 rings (SSSR count). The molecular weight excluding hydrogens is 296 g/mol. The van der Waals surface area contributed by atoms with E-state index in [2.05, 4.69) is 6.58 Å². The lowest BCUT2D eigenvalue weighted by Crippen LogP contribution is -2.34. The fourth-order valence-corrected chi connectivity index (χ4v) is 6.42. The van der Waals surface area contributed by atoms with Crippen LogP contribution in [0.1, 0.15) is 19.8 Å². The van der Waals surface area contributed by atoms with Crippen LogP contribution in [-0.2, 0) is 9.07 Å². The van der Waals surface area contributed by atoms with Crippen molar-refractivity contribution in [2.45, 2.75) is 29.6 Å². The highest BCUT2D eigenvalue weighted by molar-refractivity contribution is 8.22. The van der Waals surface area contributed by atoms with E-state index in [4.69, 9.17) is 0 Å². The van der Waals surface area contributed by atoms with Crippen molar-refractivity contribution in [3.63, 3.8) is 0 Å². The third-order valence-electron chi connectivity index (χ3n) is 3.98. The Morgan fingerprint density at radius 1 is 1.09 bits per heavy atom. The van der Waals surface area contributed by atoms with Crippen LogP contribution in [0.4, 0.5) is 0 Å². The van der Waals surface area contributed by atoms with E-state index < -0.39 is 9.07 Å². The van der Waals surface area contributed by atoms with Crippen molar-refractivity contribution in [1.29, 1.82) is 0 Å². The third-order valence-corrected chi connectivity index (χ3v) is 8.38. The summed E-state index contributed by atoms with van der Waals surface area (Å²) in [7, 11) is -3.71. The maximum atomic E-state index is 14.3. The van der Waals surface area contributed by atoms with Gasteiger partial charge in [0.2, 0.25) is 0 Å². The van der Waals surface area contributed by atoms with E-state index in [0.29, 0.717) is 10.6 Å². The number of benzene rings is 2. The van der Waals surface area contributed by atoms with Crippen molar-refractivity contribution in [3.05, 3.63) is 60.5 Å². The molecule has 0 aromatic heterocycles. The van der Waals surface area contributed by atoms with Crippen molar-refractivity contribution in [3.8, 4) is 11.5 Å². The Kier molecular flexibility index (Phi) is 4.42. The molecule has 2 aromatic carbocycles. The van der Waals surface area contributed by atoms with Gasteiger partial charge in [-0.2, -0.15) is 0 Å². The fraction of sp³-hybridized carbons (Fsp3) is 0.222. The van der Waals surface area contributed by atoms with Crippen LogP contribution in [0.5, 0.6) is 11.5 Å². The lowest BCUT2D eigenvalue weighted by Gasteiger charge is -2.40. The average Bonchev–Trinajstić information content (AvgIpc) is 2.56. The molecule has 0 aliphatic carbocycles. The molecule has 0 bridgehead atoms. The van der Waals surface area contributed by atoms with Crippen LogP contribution in [0.3, 0.4) is 0 Å². The van der Waals surface area contributed by atoms with Gasteiger partial charge in [-0.05, 0) is 45.2 Å². The molecule has 0 radical (unpaired) electrons. The molecule has 0 saturated heterocycles. The SMILES string of the molecule is C=CS(=O)(CCCC)(c1ccccc1)c1cccc(O)c1O. The monoisotopic (exact) mass is 318 g/mol. The minimum Gasteiger partial charge on any atom is -0.504 e. The van der Waals surface area contributed by atoms with Gasteiger partial charge in [0.25, 0.3) is 0 Å². The number of phenols is 2. The molecule has 0 aliphatic heterocycles. The molecule has 0 amide bonds. The summed E-state index contributed by atoms with van der Waals surface area (Å²) in [6.07, 6.45) is 1.59. The molecule has 4 heteroatoms. The summed E-state index contributed by atoms with van der Waals surface area (Å²) in [5.74, 6) is -0.247. The van der Waals surface area contributed by atoms with Gasteiger partial charge in [0, 0.05) is 10.6 Å². The summed E-state index contributed by atoms with van der Waals surface area (Å²) in [4.78, 5) is 0.857. The second-order valence-corrected chi connectivity index (χ2v) is 9.34. The molecule has 22 heavy (non-hydrogen) atoms. The summed E-state index contributed by atoms with van der Waals surface area (Å²) in [5.41, 5.74) is 0. The first-order chi connectivity index (χ1) is 10.5. The van der Waals surface area contributed by atoms with Gasteiger partial charge in [-0.3, -0.25) is 4.21 Å².